The van der Waals surface area contributed by atoms with Crippen molar-refractivity contribution in [3.8, 4) is 55.6 Å². The first kappa shape index (κ1) is 34.0. The van der Waals surface area contributed by atoms with Crippen LogP contribution in [0.3, 0.4) is 0 Å². The van der Waals surface area contributed by atoms with Gasteiger partial charge >= 0.3 is 0 Å². The summed E-state index contributed by atoms with van der Waals surface area (Å²) in [6, 6.07) is 85.6. The second kappa shape index (κ2) is 15.0. The van der Waals surface area contributed by atoms with Crippen LogP contribution in [0.25, 0.3) is 77.2 Å². The van der Waals surface area contributed by atoms with Crippen molar-refractivity contribution in [2.75, 3.05) is 4.90 Å². The average Bonchev–Trinajstić information content (AvgIpc) is 3.30. The van der Waals surface area contributed by atoms with Crippen LogP contribution in [0.1, 0.15) is 0 Å². The lowest BCUT2D eigenvalue weighted by Gasteiger charge is -2.29. The standard InChI is InChI=1S/C56H39N/c1-4-15-40(16-5-1)42-27-32-49(33-28-42)57(50-34-29-44(30-35-50)54-39-48-21-10-11-24-51(48)52-25-12-13-26-53(52)54)56-36-31-47(38-55(56)43-19-8-3-9-20-43)46-23-14-22-45(37-46)41-17-6-2-7-18-41/h1-39H. The first-order valence-electron chi connectivity index (χ1n) is 19.6. The summed E-state index contributed by atoms with van der Waals surface area (Å²) >= 11 is 0. The molecule has 1 nitrogen and oxygen atoms in total. The van der Waals surface area contributed by atoms with Gasteiger partial charge in [-0.25, -0.2) is 0 Å². The molecule has 0 N–H and O–H groups in total. The predicted octanol–water partition coefficient (Wildman–Crippen LogP) is 15.8. The van der Waals surface area contributed by atoms with Gasteiger partial charge in [-0.2, -0.15) is 0 Å². The maximum Gasteiger partial charge on any atom is 0.0540 e. The molecule has 0 aromatic heterocycles. The highest BCUT2D eigenvalue weighted by Crippen LogP contribution is 2.44. The van der Waals surface area contributed by atoms with Gasteiger partial charge in [0, 0.05) is 16.9 Å². The zero-order chi connectivity index (χ0) is 38.0. The summed E-state index contributed by atoms with van der Waals surface area (Å²) in [5.41, 5.74) is 15.2. The minimum Gasteiger partial charge on any atom is -0.310 e. The summed E-state index contributed by atoms with van der Waals surface area (Å²) in [5, 5.41) is 5.06. The Morgan fingerprint density at radius 2 is 0.649 bits per heavy atom. The molecule has 268 valence electrons. The summed E-state index contributed by atoms with van der Waals surface area (Å²) in [4.78, 5) is 2.41. The summed E-state index contributed by atoms with van der Waals surface area (Å²) < 4.78 is 0. The first-order valence-corrected chi connectivity index (χ1v) is 19.6. The van der Waals surface area contributed by atoms with Crippen LogP contribution in [0.4, 0.5) is 17.1 Å². The molecule has 0 saturated carbocycles. The Hall–Kier alpha value is -7.48. The van der Waals surface area contributed by atoms with Crippen LogP contribution in [0.5, 0.6) is 0 Å². The number of benzene rings is 10. The molecule has 0 aliphatic rings. The maximum atomic E-state index is 2.41. The van der Waals surface area contributed by atoms with E-state index in [0.29, 0.717) is 0 Å². The normalized spacial score (nSPS) is 11.2. The van der Waals surface area contributed by atoms with E-state index in [0.717, 1.165) is 22.6 Å². The Morgan fingerprint density at radius 1 is 0.228 bits per heavy atom. The van der Waals surface area contributed by atoms with E-state index in [9.17, 15) is 0 Å². The SMILES string of the molecule is c1ccc(-c2ccc(N(c3ccc(-c4cc5ccccc5c5ccccc45)cc3)c3ccc(-c4cccc(-c5ccccc5)c4)cc3-c3ccccc3)cc2)cc1. The molecule has 0 heterocycles. The zero-order valence-electron chi connectivity index (χ0n) is 31.5. The molecule has 0 spiro atoms. The second-order valence-corrected chi connectivity index (χ2v) is 14.5. The van der Waals surface area contributed by atoms with Crippen LogP contribution < -0.4 is 4.90 Å². The highest BCUT2D eigenvalue weighted by Gasteiger charge is 2.19. The van der Waals surface area contributed by atoms with Gasteiger partial charge in [-0.15, -0.1) is 0 Å². The van der Waals surface area contributed by atoms with Crippen molar-refractivity contribution in [2.24, 2.45) is 0 Å². The minimum atomic E-state index is 1.09. The van der Waals surface area contributed by atoms with Gasteiger partial charge in [-0.1, -0.05) is 188 Å². The van der Waals surface area contributed by atoms with Crippen LogP contribution in [-0.2, 0) is 0 Å². The van der Waals surface area contributed by atoms with Gasteiger partial charge in [0.2, 0.25) is 0 Å². The van der Waals surface area contributed by atoms with Crippen molar-refractivity contribution in [2.45, 2.75) is 0 Å². The fourth-order valence-corrected chi connectivity index (χ4v) is 8.21. The molecule has 10 aromatic rings. The van der Waals surface area contributed by atoms with Crippen molar-refractivity contribution >= 4 is 38.6 Å². The molecule has 0 amide bonds. The number of hydrogen-bond acceptors (Lipinski definition) is 1. The average molecular weight is 726 g/mol. The monoisotopic (exact) mass is 725 g/mol. The largest absolute Gasteiger partial charge is 0.310 e. The van der Waals surface area contributed by atoms with Gasteiger partial charge in [0.15, 0.2) is 0 Å². The lowest BCUT2D eigenvalue weighted by molar-refractivity contribution is 1.28. The Morgan fingerprint density at radius 3 is 1.30 bits per heavy atom. The molecule has 0 aliphatic carbocycles. The van der Waals surface area contributed by atoms with E-state index in [4.69, 9.17) is 0 Å². The molecule has 0 unspecified atom stereocenters. The fourth-order valence-electron chi connectivity index (χ4n) is 8.21. The van der Waals surface area contributed by atoms with Crippen molar-refractivity contribution in [1.82, 2.24) is 0 Å². The molecule has 0 fully saturated rings. The summed E-state index contributed by atoms with van der Waals surface area (Å²) in [6.45, 7) is 0. The Balaban J connectivity index is 1.13. The van der Waals surface area contributed by atoms with E-state index in [1.807, 2.05) is 0 Å². The molecule has 10 rings (SSSR count). The fraction of sp³-hybridized carbons (Fsp3) is 0. The van der Waals surface area contributed by atoms with Gasteiger partial charge in [-0.05, 0) is 120 Å². The van der Waals surface area contributed by atoms with E-state index in [1.54, 1.807) is 0 Å². The molecule has 0 bridgehead atoms. The number of rotatable bonds is 8. The van der Waals surface area contributed by atoms with Crippen LogP contribution in [0.2, 0.25) is 0 Å². The minimum absolute atomic E-state index is 1.09. The number of hydrogen-bond donors (Lipinski definition) is 0. The number of nitrogens with zero attached hydrogens (tertiary/aromatic N) is 1. The molecule has 1 heteroatoms. The molecular weight excluding hydrogens is 687 g/mol. The molecule has 0 atom stereocenters. The lowest BCUT2D eigenvalue weighted by atomic mass is 9.93. The molecule has 57 heavy (non-hydrogen) atoms. The highest BCUT2D eigenvalue weighted by molar-refractivity contribution is 6.13. The van der Waals surface area contributed by atoms with Gasteiger partial charge in [0.25, 0.3) is 0 Å². The maximum absolute atomic E-state index is 2.41. The summed E-state index contributed by atoms with van der Waals surface area (Å²) in [5.74, 6) is 0. The van der Waals surface area contributed by atoms with E-state index in [2.05, 4.69) is 241 Å². The smallest absolute Gasteiger partial charge is 0.0540 e. The molecule has 0 radical (unpaired) electrons. The molecular formula is C56H39N. The van der Waals surface area contributed by atoms with Crippen molar-refractivity contribution < 1.29 is 0 Å². The van der Waals surface area contributed by atoms with Crippen molar-refractivity contribution in [1.29, 1.82) is 0 Å². The van der Waals surface area contributed by atoms with Gasteiger partial charge in [0.05, 0.1) is 5.69 Å². The predicted molar refractivity (Wildman–Crippen MR) is 243 cm³/mol. The van der Waals surface area contributed by atoms with Crippen LogP contribution >= 0.6 is 0 Å². The highest BCUT2D eigenvalue weighted by atomic mass is 15.1. The van der Waals surface area contributed by atoms with Gasteiger partial charge < -0.3 is 4.90 Å². The summed E-state index contributed by atoms with van der Waals surface area (Å²) in [7, 11) is 0. The van der Waals surface area contributed by atoms with Crippen molar-refractivity contribution in [3.05, 3.63) is 237 Å². The third-order valence-electron chi connectivity index (χ3n) is 11.1. The van der Waals surface area contributed by atoms with E-state index >= 15 is 0 Å². The van der Waals surface area contributed by atoms with E-state index in [1.165, 1.54) is 71.6 Å². The van der Waals surface area contributed by atoms with E-state index in [-0.39, 0.29) is 0 Å². The third-order valence-corrected chi connectivity index (χ3v) is 11.1. The zero-order valence-corrected chi connectivity index (χ0v) is 31.5. The quantitative estimate of drug-likeness (QED) is 0.141. The third kappa shape index (κ3) is 6.66. The first-order chi connectivity index (χ1) is 28.3. The van der Waals surface area contributed by atoms with E-state index < -0.39 is 0 Å². The second-order valence-electron chi connectivity index (χ2n) is 14.5. The van der Waals surface area contributed by atoms with Gasteiger partial charge in [0.1, 0.15) is 0 Å². The van der Waals surface area contributed by atoms with Crippen LogP contribution in [0.15, 0.2) is 237 Å². The number of anilines is 3. The van der Waals surface area contributed by atoms with Crippen molar-refractivity contribution in [3.63, 3.8) is 0 Å². The Labute approximate surface area is 334 Å². The Kier molecular flexibility index (Phi) is 8.95. The molecule has 10 aromatic carbocycles. The lowest BCUT2D eigenvalue weighted by Crippen LogP contribution is -2.11. The topological polar surface area (TPSA) is 3.24 Å². The molecule has 0 saturated heterocycles. The van der Waals surface area contributed by atoms with Gasteiger partial charge in [-0.3, -0.25) is 0 Å². The molecule has 0 aliphatic heterocycles. The van der Waals surface area contributed by atoms with Crippen LogP contribution in [0, 0.1) is 0 Å². The Bertz CT molecular complexity index is 2970. The summed E-state index contributed by atoms with van der Waals surface area (Å²) in [6.07, 6.45) is 0. The van der Waals surface area contributed by atoms with Crippen LogP contribution in [-0.4, -0.2) is 0 Å². The number of fused-ring (bicyclic) bond motifs is 3.